The van der Waals surface area contributed by atoms with Gasteiger partial charge in [-0.15, -0.1) is 0 Å². The Morgan fingerprint density at radius 2 is 1.64 bits per heavy atom. The molecular formula is C25H36O3. The molecule has 4 saturated carbocycles. The average molecular weight is 385 g/mol. The minimum atomic E-state index is -0.195. The van der Waals surface area contributed by atoms with Crippen molar-refractivity contribution in [1.29, 1.82) is 0 Å². The third-order valence-electron chi connectivity index (χ3n) is 8.26. The number of ether oxygens (including phenoxy) is 1. The number of benzene rings is 1. The zero-order chi connectivity index (χ0) is 19.9. The van der Waals surface area contributed by atoms with Gasteiger partial charge >= 0.3 is 5.97 Å². The van der Waals surface area contributed by atoms with Crippen molar-refractivity contribution in [2.75, 3.05) is 0 Å². The number of rotatable bonds is 7. The van der Waals surface area contributed by atoms with Crippen LogP contribution in [0.5, 0.6) is 5.75 Å². The van der Waals surface area contributed by atoms with E-state index >= 15 is 0 Å². The molecule has 5 rings (SSSR count). The third kappa shape index (κ3) is 3.46. The van der Waals surface area contributed by atoms with Crippen LogP contribution in [0.4, 0.5) is 0 Å². The van der Waals surface area contributed by atoms with Gasteiger partial charge in [0.2, 0.25) is 0 Å². The van der Waals surface area contributed by atoms with Gasteiger partial charge in [-0.25, -0.2) is 0 Å². The summed E-state index contributed by atoms with van der Waals surface area (Å²) in [6.07, 6.45) is 9.26. The Balaban J connectivity index is 1.44. The fraction of sp³-hybridized carbons (Fsp3) is 0.720. The van der Waals surface area contributed by atoms with Crippen molar-refractivity contribution in [3.63, 3.8) is 0 Å². The summed E-state index contributed by atoms with van der Waals surface area (Å²) in [5.41, 5.74) is 0.999. The predicted molar refractivity (Wildman–Crippen MR) is 111 cm³/mol. The Morgan fingerprint density at radius 3 is 2.14 bits per heavy atom. The van der Waals surface area contributed by atoms with Gasteiger partial charge in [0.1, 0.15) is 11.4 Å². The molecule has 0 amide bonds. The molecule has 2 atom stereocenters. The van der Waals surface area contributed by atoms with Crippen molar-refractivity contribution in [3.05, 3.63) is 29.8 Å². The number of aromatic hydroxyl groups is 1. The molecule has 28 heavy (non-hydrogen) atoms. The standard InChI is InChI=1S/C25H36O3/c1-4-19(20-6-8-23(26)9-7-20)10-16(3)24(27)28-25(5-2)21-12-17-11-18(14-21)15-22(25)13-17/h6-9,16-19,21-22,26H,4-5,10-15H2,1-3H3. The summed E-state index contributed by atoms with van der Waals surface area (Å²) < 4.78 is 6.45. The SMILES string of the molecule is CCC(CC(C)C(=O)OC1(CC)C2CC3CC(C2)CC1C3)c1ccc(O)cc1. The molecule has 1 aromatic carbocycles. The number of hydrogen-bond donors (Lipinski definition) is 1. The second kappa shape index (κ2) is 7.72. The van der Waals surface area contributed by atoms with Crippen molar-refractivity contribution in [3.8, 4) is 5.75 Å². The lowest BCUT2D eigenvalue weighted by Gasteiger charge is -2.60. The summed E-state index contributed by atoms with van der Waals surface area (Å²) in [5, 5.41) is 9.55. The highest BCUT2D eigenvalue weighted by atomic mass is 16.6. The lowest BCUT2D eigenvalue weighted by Crippen LogP contribution is -2.59. The molecule has 2 unspecified atom stereocenters. The van der Waals surface area contributed by atoms with Crippen LogP contribution in [0.15, 0.2) is 24.3 Å². The lowest BCUT2D eigenvalue weighted by atomic mass is 9.49. The van der Waals surface area contributed by atoms with Gasteiger partial charge in [0.05, 0.1) is 5.92 Å². The molecule has 3 heteroatoms. The first-order chi connectivity index (χ1) is 13.4. The maximum atomic E-state index is 13.2. The van der Waals surface area contributed by atoms with Gasteiger partial charge in [0.25, 0.3) is 0 Å². The zero-order valence-electron chi connectivity index (χ0n) is 17.7. The van der Waals surface area contributed by atoms with E-state index in [1.165, 1.54) is 37.7 Å². The smallest absolute Gasteiger partial charge is 0.309 e. The van der Waals surface area contributed by atoms with Gasteiger partial charge in [0, 0.05) is 0 Å². The fourth-order valence-corrected chi connectivity index (χ4v) is 6.89. The zero-order valence-corrected chi connectivity index (χ0v) is 17.7. The van der Waals surface area contributed by atoms with E-state index in [0.29, 0.717) is 17.8 Å². The topological polar surface area (TPSA) is 46.5 Å². The van der Waals surface area contributed by atoms with E-state index < -0.39 is 0 Å². The number of phenolic OH excluding ortho intramolecular Hbond substituents is 1. The van der Waals surface area contributed by atoms with Crippen LogP contribution >= 0.6 is 0 Å². The van der Waals surface area contributed by atoms with Crippen LogP contribution < -0.4 is 0 Å². The van der Waals surface area contributed by atoms with Crippen molar-refractivity contribution in [2.24, 2.45) is 29.6 Å². The predicted octanol–water partition coefficient (Wildman–Crippen LogP) is 6.06. The minimum Gasteiger partial charge on any atom is -0.508 e. The van der Waals surface area contributed by atoms with Gasteiger partial charge in [-0.3, -0.25) is 4.79 Å². The third-order valence-corrected chi connectivity index (χ3v) is 8.26. The van der Waals surface area contributed by atoms with E-state index in [1.54, 1.807) is 12.1 Å². The molecule has 1 aromatic rings. The van der Waals surface area contributed by atoms with Crippen molar-refractivity contribution in [1.82, 2.24) is 0 Å². The van der Waals surface area contributed by atoms with Gasteiger partial charge in [0.15, 0.2) is 0 Å². The number of carbonyl (C=O) groups is 1. The highest BCUT2D eigenvalue weighted by molar-refractivity contribution is 5.72. The molecule has 0 saturated heterocycles. The Morgan fingerprint density at radius 1 is 1.07 bits per heavy atom. The molecule has 4 aliphatic rings. The Kier molecular flexibility index (Phi) is 5.46. The minimum absolute atomic E-state index is 0.00607. The summed E-state index contributed by atoms with van der Waals surface area (Å²) in [6, 6.07) is 7.43. The van der Waals surface area contributed by atoms with E-state index in [-0.39, 0.29) is 23.2 Å². The molecule has 154 valence electrons. The average Bonchev–Trinajstić information content (AvgIpc) is 2.69. The molecule has 4 aliphatic carbocycles. The number of esters is 1. The first-order valence-electron chi connectivity index (χ1n) is 11.5. The van der Waals surface area contributed by atoms with Crippen molar-refractivity contribution >= 4 is 5.97 Å². The summed E-state index contributed by atoms with van der Waals surface area (Å²) in [4.78, 5) is 13.2. The summed E-state index contributed by atoms with van der Waals surface area (Å²) >= 11 is 0. The molecule has 0 spiro atoms. The second-order valence-electron chi connectivity index (χ2n) is 9.87. The van der Waals surface area contributed by atoms with Crippen LogP contribution in [-0.2, 0) is 9.53 Å². The summed E-state index contributed by atoms with van der Waals surface area (Å²) in [5.74, 6) is 3.46. The monoisotopic (exact) mass is 384 g/mol. The van der Waals surface area contributed by atoms with Crippen LogP contribution in [0, 0.1) is 29.6 Å². The van der Waals surface area contributed by atoms with Crippen LogP contribution in [-0.4, -0.2) is 16.7 Å². The van der Waals surface area contributed by atoms with E-state index in [9.17, 15) is 9.90 Å². The maximum Gasteiger partial charge on any atom is 0.309 e. The van der Waals surface area contributed by atoms with Crippen molar-refractivity contribution < 1.29 is 14.6 Å². The van der Waals surface area contributed by atoms with Crippen LogP contribution in [0.1, 0.15) is 83.6 Å². The summed E-state index contributed by atoms with van der Waals surface area (Å²) in [7, 11) is 0. The second-order valence-corrected chi connectivity index (χ2v) is 9.87. The van der Waals surface area contributed by atoms with Crippen LogP contribution in [0.25, 0.3) is 0 Å². The number of hydrogen-bond acceptors (Lipinski definition) is 3. The number of phenols is 1. The van der Waals surface area contributed by atoms with E-state index in [1.807, 2.05) is 19.1 Å². The van der Waals surface area contributed by atoms with Crippen LogP contribution in [0.2, 0.25) is 0 Å². The van der Waals surface area contributed by atoms with Crippen LogP contribution in [0.3, 0.4) is 0 Å². The Labute approximate surface area is 169 Å². The molecule has 3 nitrogen and oxygen atoms in total. The molecule has 0 radical (unpaired) electrons. The van der Waals surface area contributed by atoms with E-state index in [4.69, 9.17) is 4.74 Å². The van der Waals surface area contributed by atoms with Gasteiger partial charge < -0.3 is 9.84 Å². The normalized spacial score (nSPS) is 35.5. The highest BCUT2D eigenvalue weighted by Gasteiger charge is 2.58. The quantitative estimate of drug-likeness (QED) is 0.581. The van der Waals surface area contributed by atoms with E-state index in [2.05, 4.69) is 13.8 Å². The largest absolute Gasteiger partial charge is 0.508 e. The fourth-order valence-electron chi connectivity index (χ4n) is 6.89. The number of carbonyl (C=O) groups excluding carboxylic acids is 1. The van der Waals surface area contributed by atoms with Gasteiger partial charge in [-0.1, -0.05) is 32.9 Å². The highest BCUT2D eigenvalue weighted by Crippen LogP contribution is 2.60. The maximum absolute atomic E-state index is 13.2. The molecule has 0 heterocycles. The first-order valence-corrected chi connectivity index (χ1v) is 11.5. The molecule has 4 bridgehead atoms. The molecule has 4 fully saturated rings. The lowest BCUT2D eigenvalue weighted by molar-refractivity contribution is -0.214. The van der Waals surface area contributed by atoms with Crippen molar-refractivity contribution in [2.45, 2.75) is 83.7 Å². The molecule has 0 aromatic heterocycles. The Hall–Kier alpha value is -1.51. The summed E-state index contributed by atoms with van der Waals surface area (Å²) in [6.45, 7) is 6.43. The Bertz CT molecular complexity index is 664. The molecular weight excluding hydrogens is 348 g/mol. The van der Waals surface area contributed by atoms with Gasteiger partial charge in [-0.05, 0) is 98.7 Å². The molecule has 0 aliphatic heterocycles. The molecule has 1 N–H and O–H groups in total. The van der Waals surface area contributed by atoms with E-state index in [0.717, 1.165) is 31.1 Å². The van der Waals surface area contributed by atoms with Gasteiger partial charge in [-0.2, -0.15) is 0 Å². The first kappa shape index (κ1) is 19.8.